The van der Waals surface area contributed by atoms with Gasteiger partial charge in [0.2, 0.25) is 12.2 Å². The molecule has 0 aromatic rings. The zero-order valence-electron chi connectivity index (χ0n) is 12.4. The van der Waals surface area contributed by atoms with E-state index in [1.54, 1.807) is 0 Å². The summed E-state index contributed by atoms with van der Waals surface area (Å²) in [6.45, 7) is 2.51. The number of nitrogens with zero attached hydrogens (tertiary/aromatic N) is 1. The Hall–Kier alpha value is -2.70. The average Bonchev–Trinajstić information content (AvgIpc) is 2.50. The van der Waals surface area contributed by atoms with Crippen molar-refractivity contribution in [1.82, 2.24) is 4.90 Å². The molecule has 1 heterocycles. The molecule has 0 saturated heterocycles. The quantitative estimate of drug-likeness (QED) is 0.421. The number of carbonyl (C=O) groups excluding carboxylic acids is 4. The van der Waals surface area contributed by atoms with Gasteiger partial charge in [-0.1, -0.05) is 0 Å². The predicted molar refractivity (Wildman–Crippen MR) is 74.2 cm³/mol. The third kappa shape index (κ3) is 2.45. The number of rotatable bonds is 4. The molecule has 116 valence electrons. The zero-order chi connectivity index (χ0) is 16.4. The average molecular weight is 305 g/mol. The molecule has 0 radical (unpaired) electrons. The van der Waals surface area contributed by atoms with Crippen LogP contribution >= 0.6 is 0 Å². The molecule has 1 atom stereocenters. The zero-order valence-corrected chi connectivity index (χ0v) is 12.4. The van der Waals surface area contributed by atoms with Crippen molar-refractivity contribution in [2.24, 2.45) is 0 Å². The summed E-state index contributed by atoms with van der Waals surface area (Å²) in [6, 6.07) is -0.851. The molecular weight excluding hydrogens is 290 g/mol. The fourth-order valence-electron chi connectivity index (χ4n) is 2.47. The van der Waals surface area contributed by atoms with Crippen molar-refractivity contribution >= 4 is 23.9 Å². The number of hydrogen-bond donors (Lipinski definition) is 0. The third-order valence-electron chi connectivity index (χ3n) is 3.54. The lowest BCUT2D eigenvalue weighted by Gasteiger charge is -2.33. The van der Waals surface area contributed by atoms with Gasteiger partial charge in [-0.2, -0.15) is 0 Å². The smallest absolute Gasteiger partial charge is 0.302 e. The second-order valence-corrected chi connectivity index (χ2v) is 4.83. The van der Waals surface area contributed by atoms with Crippen LogP contribution < -0.4 is 0 Å². The molecule has 1 amide bonds. The third-order valence-corrected chi connectivity index (χ3v) is 3.54. The Morgan fingerprint density at radius 2 is 2.05 bits per heavy atom. The molecule has 1 aliphatic carbocycles. The minimum absolute atomic E-state index is 0.0577. The summed E-state index contributed by atoms with van der Waals surface area (Å²) in [5.74, 6) is -1.43. The SMILES string of the molecule is COC1=C(C)C(=O)C2=C(C1=O)C(COC(C)=O)N(C=O)C=C2. The second-order valence-electron chi connectivity index (χ2n) is 4.83. The molecule has 0 fully saturated rings. The van der Waals surface area contributed by atoms with Crippen LogP contribution in [0.15, 0.2) is 34.8 Å². The lowest BCUT2D eigenvalue weighted by atomic mass is 9.83. The predicted octanol–water partition coefficient (Wildman–Crippen LogP) is 0.273. The summed E-state index contributed by atoms with van der Waals surface area (Å²) < 4.78 is 9.93. The van der Waals surface area contributed by atoms with E-state index in [-0.39, 0.29) is 34.9 Å². The number of Topliss-reactive ketones (excluding diaryl/α,β-unsaturated/α-hetero) is 2. The fraction of sp³-hybridized carbons (Fsp3) is 0.333. The first-order valence-corrected chi connectivity index (χ1v) is 6.55. The Balaban J connectivity index is 2.49. The van der Waals surface area contributed by atoms with Crippen molar-refractivity contribution in [3.05, 3.63) is 34.8 Å². The number of hydrogen-bond acceptors (Lipinski definition) is 6. The van der Waals surface area contributed by atoms with Gasteiger partial charge < -0.3 is 14.4 Å². The Bertz CT molecular complexity index is 655. The molecule has 22 heavy (non-hydrogen) atoms. The summed E-state index contributed by atoms with van der Waals surface area (Å²) >= 11 is 0. The van der Waals surface area contributed by atoms with E-state index in [9.17, 15) is 19.2 Å². The molecule has 0 aromatic carbocycles. The maximum Gasteiger partial charge on any atom is 0.302 e. The number of esters is 1. The van der Waals surface area contributed by atoms with Crippen LogP contribution in [0.1, 0.15) is 13.8 Å². The number of amides is 1. The van der Waals surface area contributed by atoms with Gasteiger partial charge >= 0.3 is 5.97 Å². The van der Waals surface area contributed by atoms with Gasteiger partial charge in [0.05, 0.1) is 13.2 Å². The lowest BCUT2D eigenvalue weighted by Crippen LogP contribution is -2.43. The van der Waals surface area contributed by atoms with Crippen LogP contribution in [-0.4, -0.2) is 48.6 Å². The maximum atomic E-state index is 12.6. The Morgan fingerprint density at radius 1 is 1.36 bits per heavy atom. The Kier molecular flexibility index (Phi) is 4.25. The monoisotopic (exact) mass is 305 g/mol. The van der Waals surface area contributed by atoms with Gasteiger partial charge in [0.1, 0.15) is 6.61 Å². The molecule has 7 nitrogen and oxygen atoms in total. The molecule has 1 unspecified atom stereocenters. The molecule has 0 N–H and O–H groups in total. The highest BCUT2D eigenvalue weighted by molar-refractivity contribution is 6.26. The number of allylic oxidation sites excluding steroid dienone is 4. The molecular formula is C15H15NO6. The molecule has 7 heteroatoms. The van der Waals surface area contributed by atoms with Gasteiger partial charge in [-0.3, -0.25) is 19.2 Å². The summed E-state index contributed by atoms with van der Waals surface area (Å²) in [7, 11) is 1.30. The van der Waals surface area contributed by atoms with E-state index in [1.165, 1.54) is 38.1 Å². The minimum Gasteiger partial charge on any atom is -0.492 e. The van der Waals surface area contributed by atoms with E-state index in [1.807, 2.05) is 0 Å². The van der Waals surface area contributed by atoms with Gasteiger partial charge in [-0.05, 0) is 13.0 Å². The molecule has 1 aliphatic heterocycles. The molecule has 0 spiro atoms. The van der Waals surface area contributed by atoms with Crippen LogP contribution in [0.2, 0.25) is 0 Å². The van der Waals surface area contributed by atoms with Gasteiger partial charge in [-0.25, -0.2) is 0 Å². The first kappa shape index (κ1) is 15.7. The second kappa shape index (κ2) is 5.97. The Labute approximate surface area is 126 Å². The van der Waals surface area contributed by atoms with Crippen LogP contribution in [0.25, 0.3) is 0 Å². The summed E-state index contributed by atoms with van der Waals surface area (Å²) in [5.41, 5.74) is 0.503. The van der Waals surface area contributed by atoms with Crippen molar-refractivity contribution < 1.29 is 28.7 Å². The lowest BCUT2D eigenvalue weighted by molar-refractivity contribution is -0.143. The van der Waals surface area contributed by atoms with Gasteiger partial charge in [0.25, 0.3) is 0 Å². The minimum atomic E-state index is -0.851. The van der Waals surface area contributed by atoms with Gasteiger partial charge in [0.15, 0.2) is 11.5 Å². The first-order chi connectivity index (χ1) is 10.4. The molecule has 0 bridgehead atoms. The summed E-state index contributed by atoms with van der Waals surface area (Å²) in [4.78, 5) is 48.3. The fourth-order valence-corrected chi connectivity index (χ4v) is 2.47. The molecule has 2 rings (SSSR count). The summed E-state index contributed by atoms with van der Waals surface area (Å²) in [6.07, 6.45) is 3.30. The maximum absolute atomic E-state index is 12.6. The van der Waals surface area contributed by atoms with E-state index in [0.29, 0.717) is 6.41 Å². The van der Waals surface area contributed by atoms with Crippen LogP contribution in [0.4, 0.5) is 0 Å². The normalized spacial score (nSPS) is 21.0. The number of ether oxygens (including phenoxy) is 2. The van der Waals surface area contributed by atoms with Crippen molar-refractivity contribution in [2.75, 3.05) is 13.7 Å². The van der Waals surface area contributed by atoms with Crippen LogP contribution in [0.3, 0.4) is 0 Å². The van der Waals surface area contributed by atoms with Crippen LogP contribution in [0.5, 0.6) is 0 Å². The van der Waals surface area contributed by atoms with E-state index in [0.717, 1.165) is 0 Å². The Morgan fingerprint density at radius 3 is 2.59 bits per heavy atom. The molecule has 2 aliphatic rings. The van der Waals surface area contributed by atoms with Crippen molar-refractivity contribution in [3.63, 3.8) is 0 Å². The largest absolute Gasteiger partial charge is 0.492 e. The number of methoxy groups -OCH3 is 1. The van der Waals surface area contributed by atoms with E-state index >= 15 is 0 Å². The standard InChI is InChI=1S/C15H15NO6/c1-8-13(19)10-4-5-16(7-17)11(6-22-9(2)18)12(10)14(20)15(8)21-3/h4-5,7,11H,6H2,1-3H3. The highest BCUT2D eigenvalue weighted by Gasteiger charge is 2.40. The van der Waals surface area contributed by atoms with E-state index in [2.05, 4.69) is 0 Å². The molecule has 0 aromatic heterocycles. The molecule has 0 saturated carbocycles. The number of ketones is 2. The van der Waals surface area contributed by atoms with Crippen LogP contribution in [-0.2, 0) is 28.7 Å². The topological polar surface area (TPSA) is 90.0 Å². The first-order valence-electron chi connectivity index (χ1n) is 6.55. The van der Waals surface area contributed by atoms with Crippen LogP contribution in [0, 0.1) is 0 Å². The van der Waals surface area contributed by atoms with Gasteiger partial charge in [-0.15, -0.1) is 0 Å². The van der Waals surface area contributed by atoms with Crippen molar-refractivity contribution in [3.8, 4) is 0 Å². The van der Waals surface area contributed by atoms with Crippen molar-refractivity contribution in [2.45, 2.75) is 19.9 Å². The highest BCUT2D eigenvalue weighted by Crippen LogP contribution is 2.32. The van der Waals surface area contributed by atoms with Crippen molar-refractivity contribution in [1.29, 1.82) is 0 Å². The van der Waals surface area contributed by atoms with E-state index in [4.69, 9.17) is 9.47 Å². The summed E-state index contributed by atoms with van der Waals surface area (Å²) in [5, 5.41) is 0. The highest BCUT2D eigenvalue weighted by atomic mass is 16.5. The van der Waals surface area contributed by atoms with E-state index < -0.39 is 17.8 Å². The van der Waals surface area contributed by atoms with Gasteiger partial charge in [0, 0.05) is 29.8 Å². The number of carbonyl (C=O) groups is 4.